The molecule has 0 aromatic heterocycles. The van der Waals surface area contributed by atoms with Gasteiger partial charge in [-0.1, -0.05) is 43.7 Å². The fourth-order valence-electron chi connectivity index (χ4n) is 1.58. The third-order valence-corrected chi connectivity index (χ3v) is 2.97. The number of hydrogen-bond donors (Lipinski definition) is 1. The summed E-state index contributed by atoms with van der Waals surface area (Å²) in [5.74, 6) is 0.525. The van der Waals surface area contributed by atoms with E-state index in [0.29, 0.717) is 5.92 Å². The minimum atomic E-state index is 0.123. The van der Waals surface area contributed by atoms with Crippen molar-refractivity contribution in [1.29, 1.82) is 0 Å². The Labute approximate surface area is 81.0 Å². The van der Waals surface area contributed by atoms with Crippen LogP contribution in [0.1, 0.15) is 20.3 Å². The van der Waals surface area contributed by atoms with E-state index in [0.717, 1.165) is 13.0 Å². The zero-order valence-electron chi connectivity index (χ0n) is 8.59. The van der Waals surface area contributed by atoms with E-state index in [1.807, 2.05) is 6.08 Å². The molecule has 0 aromatic rings. The van der Waals surface area contributed by atoms with Crippen molar-refractivity contribution >= 4 is 0 Å². The molecule has 1 heteroatoms. The Morgan fingerprint density at radius 3 is 2.85 bits per heavy atom. The molecule has 0 fully saturated rings. The Balaban J connectivity index is 2.78. The second-order valence-corrected chi connectivity index (χ2v) is 3.97. The zero-order valence-corrected chi connectivity index (χ0v) is 8.59. The zero-order chi connectivity index (χ0) is 9.90. The van der Waals surface area contributed by atoms with E-state index in [1.54, 1.807) is 0 Å². The fourth-order valence-corrected chi connectivity index (χ4v) is 1.58. The molecule has 0 radical (unpaired) electrons. The first-order valence-electron chi connectivity index (χ1n) is 4.86. The molecule has 0 aromatic carbocycles. The Hall–Kier alpha value is -0.820. The molecule has 1 aliphatic rings. The standard InChI is InChI=1S/C12H19N/c1-4-12(3)7-5-11(6-8-13)9-10(12)2/h4-5,7,9-10H,1,6,8,13H2,2-3H3. The first-order valence-corrected chi connectivity index (χ1v) is 4.86. The van der Waals surface area contributed by atoms with Crippen LogP contribution in [0.2, 0.25) is 0 Å². The smallest absolute Gasteiger partial charge is 0.00935 e. The van der Waals surface area contributed by atoms with Crippen LogP contribution in [0.4, 0.5) is 0 Å². The molecule has 0 bridgehead atoms. The number of rotatable bonds is 3. The molecule has 0 heterocycles. The summed E-state index contributed by atoms with van der Waals surface area (Å²) in [6.45, 7) is 9.03. The lowest BCUT2D eigenvalue weighted by molar-refractivity contribution is 0.416. The maximum atomic E-state index is 5.51. The summed E-state index contributed by atoms with van der Waals surface area (Å²) in [4.78, 5) is 0. The van der Waals surface area contributed by atoms with Crippen molar-refractivity contribution in [3.8, 4) is 0 Å². The molecule has 0 amide bonds. The molecule has 0 saturated carbocycles. The van der Waals surface area contributed by atoms with Crippen molar-refractivity contribution in [1.82, 2.24) is 0 Å². The summed E-state index contributed by atoms with van der Waals surface area (Å²) < 4.78 is 0. The van der Waals surface area contributed by atoms with Crippen molar-refractivity contribution in [2.75, 3.05) is 6.54 Å². The van der Waals surface area contributed by atoms with Gasteiger partial charge in [-0.25, -0.2) is 0 Å². The van der Waals surface area contributed by atoms with Gasteiger partial charge in [-0.3, -0.25) is 0 Å². The quantitative estimate of drug-likeness (QED) is 0.659. The van der Waals surface area contributed by atoms with Crippen molar-refractivity contribution in [3.05, 3.63) is 36.5 Å². The lowest BCUT2D eigenvalue weighted by Crippen LogP contribution is -2.21. The Morgan fingerprint density at radius 2 is 2.38 bits per heavy atom. The number of nitrogens with two attached hydrogens (primary N) is 1. The Kier molecular flexibility index (Phi) is 3.10. The highest BCUT2D eigenvalue weighted by atomic mass is 14.5. The summed E-state index contributed by atoms with van der Waals surface area (Å²) in [7, 11) is 0. The van der Waals surface area contributed by atoms with Gasteiger partial charge in [0.05, 0.1) is 0 Å². The third kappa shape index (κ3) is 2.10. The van der Waals surface area contributed by atoms with Gasteiger partial charge >= 0.3 is 0 Å². The third-order valence-electron chi connectivity index (χ3n) is 2.97. The lowest BCUT2D eigenvalue weighted by Gasteiger charge is -2.31. The fraction of sp³-hybridized carbons (Fsp3) is 0.500. The van der Waals surface area contributed by atoms with E-state index in [-0.39, 0.29) is 5.41 Å². The van der Waals surface area contributed by atoms with Gasteiger partial charge < -0.3 is 5.73 Å². The average molecular weight is 177 g/mol. The van der Waals surface area contributed by atoms with Crippen molar-refractivity contribution in [2.45, 2.75) is 20.3 Å². The molecule has 2 unspecified atom stereocenters. The minimum Gasteiger partial charge on any atom is -0.330 e. The average Bonchev–Trinajstić information content (AvgIpc) is 2.12. The summed E-state index contributed by atoms with van der Waals surface area (Å²) in [6.07, 6.45) is 9.71. The van der Waals surface area contributed by atoms with Gasteiger partial charge in [-0.05, 0) is 18.9 Å². The van der Waals surface area contributed by atoms with Crippen LogP contribution >= 0.6 is 0 Å². The molecule has 1 nitrogen and oxygen atoms in total. The molecule has 2 N–H and O–H groups in total. The van der Waals surface area contributed by atoms with Crippen LogP contribution in [-0.4, -0.2) is 6.54 Å². The van der Waals surface area contributed by atoms with Gasteiger partial charge in [0.25, 0.3) is 0 Å². The van der Waals surface area contributed by atoms with Crippen molar-refractivity contribution in [3.63, 3.8) is 0 Å². The normalized spacial score (nSPS) is 32.8. The lowest BCUT2D eigenvalue weighted by atomic mass is 9.74. The summed E-state index contributed by atoms with van der Waals surface area (Å²) in [6, 6.07) is 0. The highest BCUT2D eigenvalue weighted by Gasteiger charge is 2.25. The molecule has 0 aliphatic heterocycles. The van der Waals surface area contributed by atoms with Crippen LogP contribution in [-0.2, 0) is 0 Å². The van der Waals surface area contributed by atoms with Crippen LogP contribution in [0.25, 0.3) is 0 Å². The van der Waals surface area contributed by atoms with Crippen LogP contribution in [0, 0.1) is 11.3 Å². The van der Waals surface area contributed by atoms with Crippen molar-refractivity contribution < 1.29 is 0 Å². The SMILES string of the molecule is C=CC1(C)C=CC(CCN)=CC1C. The maximum Gasteiger partial charge on any atom is 0.00935 e. The van der Waals surface area contributed by atoms with Gasteiger partial charge in [0, 0.05) is 5.41 Å². The summed E-state index contributed by atoms with van der Waals surface area (Å²) in [5.41, 5.74) is 6.99. The van der Waals surface area contributed by atoms with Gasteiger partial charge in [0.15, 0.2) is 0 Å². The van der Waals surface area contributed by atoms with E-state index < -0.39 is 0 Å². The largest absolute Gasteiger partial charge is 0.330 e. The molecular formula is C12H19N. The first kappa shape index (κ1) is 10.3. The number of allylic oxidation sites excluding steroid dienone is 4. The van der Waals surface area contributed by atoms with E-state index in [9.17, 15) is 0 Å². The van der Waals surface area contributed by atoms with Crippen LogP contribution in [0.3, 0.4) is 0 Å². The van der Waals surface area contributed by atoms with E-state index in [2.05, 4.69) is 38.7 Å². The second kappa shape index (κ2) is 3.93. The summed E-state index contributed by atoms with van der Waals surface area (Å²) >= 11 is 0. The van der Waals surface area contributed by atoms with Crippen LogP contribution in [0.5, 0.6) is 0 Å². The van der Waals surface area contributed by atoms with Gasteiger partial charge in [-0.2, -0.15) is 0 Å². The van der Waals surface area contributed by atoms with Gasteiger partial charge in [0.2, 0.25) is 0 Å². The molecule has 1 rings (SSSR count). The predicted octanol–water partition coefficient (Wildman–Crippen LogP) is 2.66. The monoisotopic (exact) mass is 177 g/mol. The van der Waals surface area contributed by atoms with Crippen LogP contribution < -0.4 is 5.73 Å². The molecule has 13 heavy (non-hydrogen) atoms. The molecule has 0 spiro atoms. The van der Waals surface area contributed by atoms with E-state index >= 15 is 0 Å². The Bertz CT molecular complexity index is 250. The van der Waals surface area contributed by atoms with Gasteiger partial charge in [-0.15, -0.1) is 6.58 Å². The Morgan fingerprint density at radius 1 is 1.69 bits per heavy atom. The van der Waals surface area contributed by atoms with Crippen molar-refractivity contribution in [2.24, 2.45) is 17.1 Å². The molecule has 2 atom stereocenters. The first-order chi connectivity index (χ1) is 6.12. The maximum absolute atomic E-state index is 5.51. The summed E-state index contributed by atoms with van der Waals surface area (Å²) in [5, 5.41) is 0. The topological polar surface area (TPSA) is 26.0 Å². The van der Waals surface area contributed by atoms with Gasteiger partial charge in [0.1, 0.15) is 0 Å². The molecule has 1 aliphatic carbocycles. The van der Waals surface area contributed by atoms with E-state index in [1.165, 1.54) is 5.57 Å². The highest BCUT2D eigenvalue weighted by Crippen LogP contribution is 2.36. The number of hydrogen-bond acceptors (Lipinski definition) is 1. The molecule has 0 saturated heterocycles. The highest BCUT2D eigenvalue weighted by molar-refractivity contribution is 5.30. The van der Waals surface area contributed by atoms with E-state index in [4.69, 9.17) is 5.73 Å². The second-order valence-electron chi connectivity index (χ2n) is 3.97. The predicted molar refractivity (Wildman–Crippen MR) is 58.4 cm³/mol. The molecule has 72 valence electrons. The molecular weight excluding hydrogens is 158 g/mol. The minimum absolute atomic E-state index is 0.123. The van der Waals surface area contributed by atoms with Crippen LogP contribution in [0.15, 0.2) is 36.5 Å².